The summed E-state index contributed by atoms with van der Waals surface area (Å²) in [6.45, 7) is 3.82. The summed E-state index contributed by atoms with van der Waals surface area (Å²) >= 11 is 1.27. The van der Waals surface area contributed by atoms with Gasteiger partial charge in [-0.2, -0.15) is 0 Å². The van der Waals surface area contributed by atoms with Crippen LogP contribution >= 0.6 is 11.8 Å². The highest BCUT2D eigenvalue weighted by molar-refractivity contribution is 8.00. The Balaban J connectivity index is 1.42. The summed E-state index contributed by atoms with van der Waals surface area (Å²) in [5.74, 6) is 0.487. The topological polar surface area (TPSA) is 119 Å². The number of imidazole rings is 1. The molecule has 2 aromatic carbocycles. The number of fused-ring (bicyclic) bond motifs is 1. The number of carbonyl (C=O) groups is 1. The van der Waals surface area contributed by atoms with Gasteiger partial charge < -0.3 is 15.3 Å². The molecule has 0 bridgehead atoms. The third-order valence-corrected chi connectivity index (χ3v) is 5.19. The Hall–Kier alpha value is -3.33. The van der Waals surface area contributed by atoms with Gasteiger partial charge in [-0.05, 0) is 32.0 Å². The molecule has 8 nitrogen and oxygen atoms in total. The zero-order valence-electron chi connectivity index (χ0n) is 15.2. The number of benzene rings is 2. The second-order valence-corrected chi connectivity index (χ2v) is 7.73. The maximum atomic E-state index is 12.5. The smallest absolute Gasteiger partial charge is 0.323 e. The van der Waals surface area contributed by atoms with Gasteiger partial charge in [-0.25, -0.2) is 9.78 Å². The number of nitrogens with one attached hydrogen (secondary N) is 4. The Kier molecular flexibility index (Phi) is 4.74. The van der Waals surface area contributed by atoms with E-state index in [0.717, 1.165) is 5.56 Å². The van der Waals surface area contributed by atoms with Gasteiger partial charge in [0.05, 0.1) is 16.3 Å². The van der Waals surface area contributed by atoms with Crippen LogP contribution in [0.1, 0.15) is 12.5 Å². The maximum absolute atomic E-state index is 12.5. The Labute approximate surface area is 164 Å². The van der Waals surface area contributed by atoms with Gasteiger partial charge in [0.2, 0.25) is 11.1 Å². The normalized spacial score (nSPS) is 12.2. The van der Waals surface area contributed by atoms with E-state index in [1.807, 2.05) is 31.2 Å². The first-order valence-corrected chi connectivity index (χ1v) is 9.55. The number of rotatable bonds is 5. The summed E-state index contributed by atoms with van der Waals surface area (Å²) in [5.41, 5.74) is 3.77. The van der Waals surface area contributed by atoms with Crippen LogP contribution in [-0.2, 0) is 4.79 Å². The largest absolute Gasteiger partial charge is 0.325 e. The first kappa shape index (κ1) is 18.1. The minimum absolute atomic E-state index is 0.177. The number of H-pyrrole nitrogens is 3. The molecule has 2 heterocycles. The van der Waals surface area contributed by atoms with E-state index in [1.54, 1.807) is 25.1 Å². The van der Waals surface area contributed by atoms with Crippen LogP contribution in [0.5, 0.6) is 0 Å². The molecule has 9 heteroatoms. The number of hydrogen-bond acceptors (Lipinski definition) is 5. The molecule has 0 spiro atoms. The lowest BCUT2D eigenvalue weighted by molar-refractivity contribution is -0.115. The summed E-state index contributed by atoms with van der Waals surface area (Å²) in [7, 11) is 0. The zero-order chi connectivity index (χ0) is 19.7. The number of anilines is 1. The predicted molar refractivity (Wildman–Crippen MR) is 109 cm³/mol. The van der Waals surface area contributed by atoms with Crippen LogP contribution in [0, 0.1) is 6.92 Å². The van der Waals surface area contributed by atoms with Crippen LogP contribution in [0.25, 0.3) is 22.4 Å². The summed E-state index contributed by atoms with van der Waals surface area (Å²) in [5, 5.41) is 10.0. The van der Waals surface area contributed by atoms with Crippen LogP contribution in [0.2, 0.25) is 0 Å². The molecule has 1 amide bonds. The summed E-state index contributed by atoms with van der Waals surface area (Å²) in [4.78, 5) is 33.6. The van der Waals surface area contributed by atoms with Crippen molar-refractivity contribution >= 4 is 34.4 Å². The van der Waals surface area contributed by atoms with Gasteiger partial charge in [-0.3, -0.25) is 9.89 Å². The van der Waals surface area contributed by atoms with Crippen LogP contribution in [0.4, 0.5) is 5.69 Å². The number of aryl methyl sites for hydroxylation is 1. The van der Waals surface area contributed by atoms with Gasteiger partial charge >= 0.3 is 5.69 Å². The van der Waals surface area contributed by atoms with Gasteiger partial charge in [-0.15, -0.1) is 5.10 Å². The molecule has 4 aromatic rings. The van der Waals surface area contributed by atoms with E-state index in [-0.39, 0.29) is 11.6 Å². The predicted octanol–water partition coefficient (Wildman–Crippen LogP) is 3.07. The number of hydrogen-bond donors (Lipinski definition) is 4. The Morgan fingerprint density at radius 1 is 1.11 bits per heavy atom. The number of aromatic nitrogens is 5. The van der Waals surface area contributed by atoms with E-state index in [0.29, 0.717) is 27.7 Å². The quantitative estimate of drug-likeness (QED) is 0.388. The van der Waals surface area contributed by atoms with Crippen molar-refractivity contribution in [3.8, 4) is 11.4 Å². The minimum atomic E-state index is -0.400. The second-order valence-electron chi connectivity index (χ2n) is 6.42. The van der Waals surface area contributed by atoms with Crippen molar-refractivity contribution in [1.29, 1.82) is 0 Å². The zero-order valence-corrected chi connectivity index (χ0v) is 16.1. The average molecular weight is 394 g/mol. The molecule has 0 saturated heterocycles. The van der Waals surface area contributed by atoms with Crippen LogP contribution in [0.3, 0.4) is 0 Å². The fraction of sp³-hybridized carbons (Fsp3) is 0.158. The highest BCUT2D eigenvalue weighted by atomic mass is 32.2. The molecule has 4 N–H and O–H groups in total. The fourth-order valence-corrected chi connectivity index (χ4v) is 3.43. The molecule has 1 atom stereocenters. The summed E-state index contributed by atoms with van der Waals surface area (Å²) in [6, 6.07) is 13.2. The molecule has 0 unspecified atom stereocenters. The van der Waals surface area contributed by atoms with E-state index in [9.17, 15) is 9.59 Å². The first-order valence-electron chi connectivity index (χ1n) is 8.67. The van der Waals surface area contributed by atoms with Gasteiger partial charge in [0.25, 0.3) is 0 Å². The summed E-state index contributed by atoms with van der Waals surface area (Å²) in [6.07, 6.45) is 0. The monoisotopic (exact) mass is 394 g/mol. The molecule has 0 radical (unpaired) electrons. The lowest BCUT2D eigenvalue weighted by Crippen LogP contribution is -2.22. The number of thioether (sulfide) groups is 1. The van der Waals surface area contributed by atoms with Crippen LogP contribution in [0.15, 0.2) is 52.4 Å². The number of amides is 1. The lowest BCUT2D eigenvalue weighted by atomic mass is 10.1. The average Bonchev–Trinajstić information content (AvgIpc) is 3.27. The number of carbonyl (C=O) groups excluding carboxylic acids is 1. The molecular weight excluding hydrogens is 376 g/mol. The molecule has 28 heavy (non-hydrogen) atoms. The molecule has 2 aromatic heterocycles. The first-order chi connectivity index (χ1) is 13.5. The second kappa shape index (κ2) is 7.35. The number of nitrogens with zero attached hydrogens (tertiary/aromatic N) is 2. The van der Waals surface area contributed by atoms with Gasteiger partial charge in [-0.1, -0.05) is 41.6 Å². The third-order valence-electron chi connectivity index (χ3n) is 4.22. The Bertz CT molecular complexity index is 1190. The fourth-order valence-electron chi connectivity index (χ4n) is 2.71. The van der Waals surface area contributed by atoms with Crippen LogP contribution in [-0.4, -0.2) is 36.3 Å². The van der Waals surface area contributed by atoms with E-state index < -0.39 is 5.25 Å². The van der Waals surface area contributed by atoms with Gasteiger partial charge in [0.15, 0.2) is 5.82 Å². The third kappa shape index (κ3) is 3.84. The lowest BCUT2D eigenvalue weighted by Gasteiger charge is -2.10. The molecule has 0 aliphatic carbocycles. The molecule has 0 aliphatic heterocycles. The maximum Gasteiger partial charge on any atom is 0.323 e. The molecular formula is C19H18N6O2S. The van der Waals surface area contributed by atoms with E-state index in [1.165, 1.54) is 17.3 Å². The minimum Gasteiger partial charge on any atom is -0.325 e. The Morgan fingerprint density at radius 3 is 2.64 bits per heavy atom. The number of aromatic amines is 3. The van der Waals surface area contributed by atoms with Crippen molar-refractivity contribution in [1.82, 2.24) is 25.1 Å². The van der Waals surface area contributed by atoms with Crippen molar-refractivity contribution < 1.29 is 4.79 Å². The molecule has 142 valence electrons. The molecule has 0 aliphatic rings. The van der Waals surface area contributed by atoms with E-state index in [4.69, 9.17) is 0 Å². The summed E-state index contributed by atoms with van der Waals surface area (Å²) < 4.78 is 0. The van der Waals surface area contributed by atoms with Crippen molar-refractivity contribution in [2.45, 2.75) is 24.3 Å². The van der Waals surface area contributed by atoms with Gasteiger partial charge in [0, 0.05) is 11.3 Å². The van der Waals surface area contributed by atoms with Crippen molar-refractivity contribution in [2.24, 2.45) is 0 Å². The standard InChI is InChI=1S/C19H18N6O2S/c1-10-3-5-12(6-4-10)16-23-19(25-24-16)28-11(2)17(26)20-13-7-8-14-15(9-13)22-18(27)21-14/h3-9,11H,1-2H3,(H,20,26)(H2,21,22,27)(H,23,24,25)/t11-/m0/s1. The van der Waals surface area contributed by atoms with Crippen molar-refractivity contribution in [3.63, 3.8) is 0 Å². The molecule has 0 fully saturated rings. The van der Waals surface area contributed by atoms with Gasteiger partial charge in [0.1, 0.15) is 0 Å². The highest BCUT2D eigenvalue weighted by Gasteiger charge is 2.18. The SMILES string of the molecule is Cc1ccc(-c2nc(S[C@@H](C)C(=O)Nc3ccc4[nH]c(=O)[nH]c4c3)n[nH]2)cc1. The molecule has 0 saturated carbocycles. The van der Waals surface area contributed by atoms with Crippen LogP contribution < -0.4 is 11.0 Å². The molecule has 4 rings (SSSR count). The Morgan fingerprint density at radius 2 is 1.86 bits per heavy atom. The van der Waals surface area contributed by atoms with Crippen molar-refractivity contribution in [3.05, 3.63) is 58.5 Å². The van der Waals surface area contributed by atoms with E-state index in [2.05, 4.69) is 30.5 Å². The highest BCUT2D eigenvalue weighted by Crippen LogP contribution is 2.24. The van der Waals surface area contributed by atoms with Crippen molar-refractivity contribution in [2.75, 3.05) is 5.32 Å². The van der Waals surface area contributed by atoms with E-state index >= 15 is 0 Å².